The van der Waals surface area contributed by atoms with E-state index in [1.807, 2.05) is 30.3 Å². The van der Waals surface area contributed by atoms with Crippen molar-refractivity contribution >= 4 is 24.9 Å². The van der Waals surface area contributed by atoms with Crippen molar-refractivity contribution in [1.82, 2.24) is 0 Å². The van der Waals surface area contributed by atoms with E-state index in [-0.39, 0.29) is 5.92 Å². The fourth-order valence-electron chi connectivity index (χ4n) is 6.42. The van der Waals surface area contributed by atoms with Gasteiger partial charge >= 0.3 is 10.1 Å². The lowest BCUT2D eigenvalue weighted by Crippen LogP contribution is -2.54. The van der Waals surface area contributed by atoms with E-state index in [1.54, 1.807) is 7.11 Å². The predicted molar refractivity (Wildman–Crippen MR) is 135 cm³/mol. The Morgan fingerprint density at radius 3 is 1.94 bits per heavy atom. The van der Waals surface area contributed by atoms with Gasteiger partial charge in [-0.3, -0.25) is 4.55 Å². The Morgan fingerprint density at radius 1 is 0.909 bits per heavy atom. The molecular formula is C26H37O5PS. The summed E-state index contributed by atoms with van der Waals surface area (Å²) in [7, 11) is 1.09. The SMILES string of the molecule is COC1=C(c2ccccc2)C(OC)(S(=O)(=O)O)C(P)C(C2CCCCC2)=C1C1CCCCC1. The molecule has 1 aromatic carbocycles. The molecule has 3 unspecified atom stereocenters. The minimum Gasteiger partial charge on any atom is -0.496 e. The Kier molecular flexibility index (Phi) is 7.69. The first-order chi connectivity index (χ1) is 15.9. The van der Waals surface area contributed by atoms with Crippen LogP contribution in [0.25, 0.3) is 5.57 Å². The lowest BCUT2D eigenvalue weighted by molar-refractivity contribution is 0.0947. The van der Waals surface area contributed by atoms with Crippen LogP contribution in [0.1, 0.15) is 69.8 Å². The summed E-state index contributed by atoms with van der Waals surface area (Å²) < 4.78 is 49.1. The summed E-state index contributed by atoms with van der Waals surface area (Å²) in [5, 5.41) is 0. The van der Waals surface area contributed by atoms with Crippen molar-refractivity contribution in [3.63, 3.8) is 0 Å². The lowest BCUT2D eigenvalue weighted by atomic mass is 9.69. The first kappa shape index (κ1) is 24.9. The van der Waals surface area contributed by atoms with Gasteiger partial charge in [0.25, 0.3) is 0 Å². The minimum absolute atomic E-state index is 0.261. The maximum absolute atomic E-state index is 13.2. The van der Waals surface area contributed by atoms with Crippen LogP contribution in [0.4, 0.5) is 0 Å². The zero-order valence-electron chi connectivity index (χ0n) is 19.8. The Morgan fingerprint density at radius 2 is 1.45 bits per heavy atom. The predicted octanol–water partition coefficient (Wildman–Crippen LogP) is 5.99. The number of ether oxygens (including phenoxy) is 2. The van der Waals surface area contributed by atoms with Crippen LogP contribution in [0.5, 0.6) is 0 Å². The molecule has 5 nitrogen and oxygen atoms in total. The zero-order valence-corrected chi connectivity index (χ0v) is 21.7. The summed E-state index contributed by atoms with van der Waals surface area (Å²) in [6, 6.07) is 9.38. The highest BCUT2D eigenvalue weighted by molar-refractivity contribution is 7.88. The molecule has 0 aromatic heterocycles. The van der Waals surface area contributed by atoms with E-state index in [1.165, 1.54) is 38.4 Å². The Labute approximate surface area is 201 Å². The van der Waals surface area contributed by atoms with Crippen LogP contribution in [0.15, 0.2) is 47.2 Å². The van der Waals surface area contributed by atoms with Crippen molar-refractivity contribution in [3.05, 3.63) is 52.8 Å². The van der Waals surface area contributed by atoms with Gasteiger partial charge in [-0.05, 0) is 54.2 Å². The second-order valence-electron chi connectivity index (χ2n) is 9.64. The summed E-state index contributed by atoms with van der Waals surface area (Å²) in [6.07, 6.45) is 11.2. The van der Waals surface area contributed by atoms with Crippen LogP contribution < -0.4 is 0 Å². The minimum atomic E-state index is -4.67. The standard InChI is InChI=1S/C26H37O5PS/c1-30-24-21(18-12-6-3-7-13-18)22(19-14-8-4-9-15-19)25(32)26(31-2,33(27,28)29)23(24)20-16-10-5-11-17-20/h5,10-11,16-19,25H,3-4,6-9,12-15,32H2,1-2H3,(H,27,28,29). The molecule has 0 amide bonds. The summed E-state index contributed by atoms with van der Waals surface area (Å²) in [5.41, 5.74) is 2.77. The first-order valence-electron chi connectivity index (χ1n) is 12.2. The molecule has 7 heteroatoms. The fraction of sp³-hybridized carbons (Fsp3) is 0.615. The largest absolute Gasteiger partial charge is 0.496 e. The number of rotatable bonds is 6. The van der Waals surface area contributed by atoms with Crippen molar-refractivity contribution in [1.29, 1.82) is 0 Å². The Hall–Kier alpha value is -1.20. The van der Waals surface area contributed by atoms with Crippen LogP contribution in [-0.4, -0.2) is 37.8 Å². The van der Waals surface area contributed by atoms with Crippen LogP contribution in [0.2, 0.25) is 0 Å². The van der Waals surface area contributed by atoms with Gasteiger partial charge in [-0.15, -0.1) is 9.24 Å². The van der Waals surface area contributed by atoms with Crippen LogP contribution >= 0.6 is 9.24 Å². The molecule has 0 spiro atoms. The Balaban J connectivity index is 2.08. The third-order valence-electron chi connectivity index (χ3n) is 7.89. The van der Waals surface area contributed by atoms with Gasteiger partial charge in [0.1, 0.15) is 5.76 Å². The molecule has 182 valence electrons. The molecule has 3 aliphatic carbocycles. The topological polar surface area (TPSA) is 72.8 Å². The number of hydrogen-bond acceptors (Lipinski definition) is 4. The third-order valence-corrected chi connectivity index (χ3v) is 10.3. The number of benzene rings is 1. The zero-order chi connectivity index (χ0) is 23.6. The van der Waals surface area contributed by atoms with E-state index in [2.05, 4.69) is 9.24 Å². The van der Waals surface area contributed by atoms with E-state index in [9.17, 15) is 13.0 Å². The van der Waals surface area contributed by atoms with Crippen molar-refractivity contribution in [2.45, 2.75) is 74.8 Å². The van der Waals surface area contributed by atoms with E-state index < -0.39 is 20.7 Å². The normalized spacial score (nSPS) is 28.3. The molecule has 4 rings (SSSR count). The quantitative estimate of drug-likeness (QED) is 0.390. The highest BCUT2D eigenvalue weighted by atomic mass is 32.2. The molecule has 1 aromatic rings. The number of allylic oxidation sites excluding steroid dienone is 1. The lowest BCUT2D eigenvalue weighted by Gasteiger charge is -2.47. The van der Waals surface area contributed by atoms with Crippen LogP contribution in [0.3, 0.4) is 0 Å². The highest BCUT2D eigenvalue weighted by Gasteiger charge is 2.59. The molecule has 0 bridgehead atoms. The summed E-state index contributed by atoms with van der Waals surface area (Å²) in [5.74, 6) is 1.16. The highest BCUT2D eigenvalue weighted by Crippen LogP contribution is 2.56. The van der Waals surface area contributed by atoms with Gasteiger partial charge in [-0.1, -0.05) is 68.9 Å². The molecule has 0 radical (unpaired) electrons. The van der Waals surface area contributed by atoms with Crippen molar-refractivity contribution in [3.8, 4) is 0 Å². The van der Waals surface area contributed by atoms with Gasteiger partial charge in [0.05, 0.1) is 12.7 Å². The van der Waals surface area contributed by atoms with Crippen molar-refractivity contribution in [2.24, 2.45) is 11.8 Å². The van der Waals surface area contributed by atoms with Crippen LogP contribution in [0, 0.1) is 11.8 Å². The van der Waals surface area contributed by atoms with Gasteiger partial charge in [0.15, 0.2) is 0 Å². The van der Waals surface area contributed by atoms with Crippen molar-refractivity contribution in [2.75, 3.05) is 14.2 Å². The van der Waals surface area contributed by atoms with Gasteiger partial charge in [0, 0.05) is 12.8 Å². The molecule has 0 aliphatic heterocycles. The van der Waals surface area contributed by atoms with E-state index in [4.69, 9.17) is 9.47 Å². The summed E-state index contributed by atoms with van der Waals surface area (Å²) in [4.78, 5) is -1.95. The fourth-order valence-corrected chi connectivity index (χ4v) is 8.82. The number of hydrogen-bond donors (Lipinski definition) is 1. The second-order valence-corrected chi connectivity index (χ2v) is 11.9. The Bertz CT molecular complexity index is 1000. The molecule has 0 heterocycles. The smallest absolute Gasteiger partial charge is 0.300 e. The third kappa shape index (κ3) is 4.33. The van der Waals surface area contributed by atoms with Crippen molar-refractivity contribution < 1.29 is 22.4 Å². The average molecular weight is 493 g/mol. The molecule has 0 saturated heterocycles. The molecule has 3 atom stereocenters. The second kappa shape index (κ2) is 10.2. The summed E-state index contributed by atoms with van der Waals surface area (Å²) in [6.45, 7) is 0. The van der Waals surface area contributed by atoms with Gasteiger partial charge in [-0.25, -0.2) is 0 Å². The van der Waals surface area contributed by atoms with E-state index in [0.29, 0.717) is 22.8 Å². The molecule has 2 saturated carbocycles. The van der Waals surface area contributed by atoms with Gasteiger partial charge in [0.2, 0.25) is 4.93 Å². The summed E-state index contributed by atoms with van der Waals surface area (Å²) >= 11 is 0. The number of methoxy groups -OCH3 is 2. The van der Waals surface area contributed by atoms with Gasteiger partial charge < -0.3 is 9.47 Å². The molecule has 1 N–H and O–H groups in total. The maximum Gasteiger partial charge on any atom is 0.300 e. The molecule has 3 aliphatic rings. The first-order valence-corrected chi connectivity index (χ1v) is 14.3. The van der Waals surface area contributed by atoms with Gasteiger partial charge in [-0.2, -0.15) is 8.42 Å². The average Bonchev–Trinajstić information content (AvgIpc) is 2.84. The van der Waals surface area contributed by atoms with E-state index >= 15 is 0 Å². The molecular weight excluding hydrogens is 455 g/mol. The maximum atomic E-state index is 13.2. The monoisotopic (exact) mass is 492 g/mol. The molecule has 33 heavy (non-hydrogen) atoms. The van der Waals surface area contributed by atoms with E-state index in [0.717, 1.165) is 44.1 Å². The molecule has 2 fully saturated rings. The van der Waals surface area contributed by atoms with Crippen LogP contribution in [-0.2, 0) is 19.6 Å².